The molecule has 0 saturated heterocycles. The number of carbonyl (C=O) groups is 1. The van der Waals surface area contributed by atoms with Gasteiger partial charge in [-0.3, -0.25) is 9.48 Å². The largest absolute Gasteiger partial charge is 0.305 e. The second-order valence-corrected chi connectivity index (χ2v) is 6.21. The van der Waals surface area contributed by atoms with Crippen molar-refractivity contribution >= 4 is 23.3 Å². The predicted molar refractivity (Wildman–Crippen MR) is 96.7 cm³/mol. The van der Waals surface area contributed by atoms with Crippen LogP contribution in [0.15, 0.2) is 54.7 Å². The number of benzene rings is 2. The number of aryl methyl sites for hydroxylation is 2. The van der Waals surface area contributed by atoms with Gasteiger partial charge in [0.1, 0.15) is 0 Å². The molecule has 1 heterocycles. The van der Waals surface area contributed by atoms with Gasteiger partial charge in [-0.15, -0.1) is 0 Å². The van der Waals surface area contributed by atoms with Gasteiger partial charge in [-0.05, 0) is 54.8 Å². The van der Waals surface area contributed by atoms with Crippen LogP contribution in [-0.4, -0.2) is 15.7 Å². The highest BCUT2D eigenvalue weighted by atomic mass is 35.5. The Hall–Kier alpha value is -2.59. The first-order valence-corrected chi connectivity index (χ1v) is 8.05. The van der Waals surface area contributed by atoms with Crippen molar-refractivity contribution in [2.45, 2.75) is 20.4 Å². The number of halogens is 1. The Labute approximate surface area is 146 Å². The summed E-state index contributed by atoms with van der Waals surface area (Å²) in [7, 11) is 0. The highest BCUT2D eigenvalue weighted by Gasteiger charge is 2.09. The van der Waals surface area contributed by atoms with Gasteiger partial charge in [0.2, 0.25) is 0 Å². The molecule has 0 atom stereocenters. The molecular weight excluding hydrogens is 322 g/mol. The number of nitrogens with zero attached hydrogens (tertiary/aromatic N) is 2. The van der Waals surface area contributed by atoms with E-state index < -0.39 is 0 Å². The summed E-state index contributed by atoms with van der Waals surface area (Å²) in [6.45, 7) is 4.64. The highest BCUT2D eigenvalue weighted by Crippen LogP contribution is 2.14. The van der Waals surface area contributed by atoms with E-state index in [1.807, 2.05) is 62.5 Å². The van der Waals surface area contributed by atoms with Gasteiger partial charge in [-0.25, -0.2) is 0 Å². The molecule has 0 saturated carbocycles. The number of anilines is 1. The molecule has 0 aliphatic rings. The van der Waals surface area contributed by atoms with Crippen LogP contribution in [0.4, 0.5) is 5.82 Å². The Balaban J connectivity index is 1.68. The summed E-state index contributed by atoms with van der Waals surface area (Å²) in [5, 5.41) is 7.92. The third-order valence-corrected chi connectivity index (χ3v) is 4.16. The molecule has 0 aliphatic carbocycles. The van der Waals surface area contributed by atoms with Crippen LogP contribution in [0.5, 0.6) is 0 Å². The van der Waals surface area contributed by atoms with Crippen molar-refractivity contribution in [3.05, 3.63) is 82.0 Å². The molecule has 0 bridgehead atoms. The van der Waals surface area contributed by atoms with Crippen LogP contribution in [0, 0.1) is 13.8 Å². The van der Waals surface area contributed by atoms with Crippen molar-refractivity contribution in [3.8, 4) is 0 Å². The van der Waals surface area contributed by atoms with Crippen molar-refractivity contribution in [1.29, 1.82) is 0 Å². The number of amides is 1. The maximum Gasteiger partial charge on any atom is 0.256 e. The highest BCUT2D eigenvalue weighted by molar-refractivity contribution is 6.30. The Bertz CT molecular complexity index is 869. The maximum atomic E-state index is 12.3. The molecule has 0 spiro atoms. The molecule has 0 fully saturated rings. The van der Waals surface area contributed by atoms with Crippen LogP contribution in [0.25, 0.3) is 0 Å². The van der Waals surface area contributed by atoms with Crippen molar-refractivity contribution in [1.82, 2.24) is 9.78 Å². The number of nitrogens with one attached hydrogen (secondary N) is 1. The van der Waals surface area contributed by atoms with Crippen LogP contribution in [0.3, 0.4) is 0 Å². The standard InChI is InChI=1S/C19H18ClN3O/c1-13-3-6-16(11-14(13)2)19(24)21-18-9-10-23(22-18)12-15-4-7-17(20)8-5-15/h3-11H,12H2,1-2H3,(H,21,22,24). The Kier molecular flexibility index (Phi) is 4.67. The van der Waals surface area contributed by atoms with Gasteiger partial charge < -0.3 is 5.32 Å². The number of hydrogen-bond donors (Lipinski definition) is 1. The number of carbonyl (C=O) groups excluding carboxylic acids is 1. The lowest BCUT2D eigenvalue weighted by Crippen LogP contribution is -2.13. The molecule has 0 radical (unpaired) electrons. The molecule has 1 amide bonds. The quantitative estimate of drug-likeness (QED) is 0.763. The summed E-state index contributed by atoms with van der Waals surface area (Å²) in [6, 6.07) is 15.1. The van der Waals surface area contributed by atoms with E-state index in [4.69, 9.17) is 11.6 Å². The third kappa shape index (κ3) is 3.84. The minimum Gasteiger partial charge on any atom is -0.305 e. The summed E-state index contributed by atoms with van der Waals surface area (Å²) in [4.78, 5) is 12.3. The van der Waals surface area contributed by atoms with Crippen LogP contribution in [-0.2, 0) is 6.54 Å². The van der Waals surface area contributed by atoms with Crippen molar-refractivity contribution < 1.29 is 4.79 Å². The fraction of sp³-hybridized carbons (Fsp3) is 0.158. The van der Waals surface area contributed by atoms with E-state index in [-0.39, 0.29) is 5.91 Å². The van der Waals surface area contributed by atoms with E-state index in [1.54, 1.807) is 10.7 Å². The van der Waals surface area contributed by atoms with Crippen molar-refractivity contribution in [2.75, 3.05) is 5.32 Å². The molecule has 0 aliphatic heterocycles. The number of hydrogen-bond acceptors (Lipinski definition) is 2. The predicted octanol–water partition coefficient (Wildman–Crippen LogP) is 4.45. The van der Waals surface area contributed by atoms with Gasteiger partial charge >= 0.3 is 0 Å². The molecule has 24 heavy (non-hydrogen) atoms. The van der Waals surface area contributed by atoms with Gasteiger partial charge in [0.05, 0.1) is 6.54 Å². The lowest BCUT2D eigenvalue weighted by molar-refractivity contribution is 0.102. The van der Waals surface area contributed by atoms with E-state index in [2.05, 4.69) is 10.4 Å². The van der Waals surface area contributed by atoms with Crippen LogP contribution in [0.2, 0.25) is 5.02 Å². The molecular formula is C19H18ClN3O. The van der Waals surface area contributed by atoms with E-state index in [0.29, 0.717) is 22.9 Å². The number of rotatable bonds is 4. The topological polar surface area (TPSA) is 46.9 Å². The second kappa shape index (κ2) is 6.89. The Morgan fingerprint density at radius 3 is 2.54 bits per heavy atom. The van der Waals surface area contributed by atoms with Gasteiger partial charge in [0.25, 0.3) is 5.91 Å². The minimum absolute atomic E-state index is 0.158. The summed E-state index contributed by atoms with van der Waals surface area (Å²) in [6.07, 6.45) is 1.84. The maximum absolute atomic E-state index is 12.3. The lowest BCUT2D eigenvalue weighted by Gasteiger charge is -2.05. The van der Waals surface area contributed by atoms with Crippen LogP contribution in [0.1, 0.15) is 27.0 Å². The molecule has 5 heteroatoms. The van der Waals surface area contributed by atoms with E-state index >= 15 is 0 Å². The normalized spacial score (nSPS) is 10.6. The smallest absolute Gasteiger partial charge is 0.256 e. The second-order valence-electron chi connectivity index (χ2n) is 5.78. The molecule has 1 aromatic heterocycles. The SMILES string of the molecule is Cc1ccc(C(=O)Nc2ccn(Cc3ccc(Cl)cc3)n2)cc1C. The average molecular weight is 340 g/mol. The third-order valence-electron chi connectivity index (χ3n) is 3.91. The first kappa shape index (κ1) is 16.3. The van der Waals surface area contributed by atoms with Crippen LogP contribution >= 0.6 is 11.6 Å². The summed E-state index contributed by atoms with van der Waals surface area (Å²) in [5.74, 6) is 0.377. The summed E-state index contributed by atoms with van der Waals surface area (Å²) in [5.41, 5.74) is 3.98. The molecule has 4 nitrogen and oxygen atoms in total. The number of aromatic nitrogens is 2. The lowest BCUT2D eigenvalue weighted by atomic mass is 10.1. The molecule has 3 aromatic rings. The average Bonchev–Trinajstić information content (AvgIpc) is 2.99. The fourth-order valence-electron chi connectivity index (χ4n) is 2.36. The van der Waals surface area contributed by atoms with Gasteiger partial charge in [-0.1, -0.05) is 29.8 Å². The van der Waals surface area contributed by atoms with Gasteiger partial charge in [-0.2, -0.15) is 5.10 Å². The molecule has 122 valence electrons. The van der Waals surface area contributed by atoms with Crippen molar-refractivity contribution in [3.63, 3.8) is 0 Å². The zero-order valence-electron chi connectivity index (χ0n) is 13.6. The van der Waals surface area contributed by atoms with Gasteiger partial charge in [0, 0.05) is 22.8 Å². The first-order valence-electron chi connectivity index (χ1n) is 7.68. The fourth-order valence-corrected chi connectivity index (χ4v) is 2.49. The van der Waals surface area contributed by atoms with E-state index in [1.165, 1.54) is 5.56 Å². The van der Waals surface area contributed by atoms with Crippen molar-refractivity contribution in [2.24, 2.45) is 0 Å². The van der Waals surface area contributed by atoms with E-state index in [9.17, 15) is 4.79 Å². The molecule has 2 aromatic carbocycles. The molecule has 3 rings (SSSR count). The van der Waals surface area contributed by atoms with E-state index in [0.717, 1.165) is 11.1 Å². The first-order chi connectivity index (χ1) is 11.5. The molecule has 1 N–H and O–H groups in total. The van der Waals surface area contributed by atoms with Gasteiger partial charge in [0.15, 0.2) is 5.82 Å². The zero-order valence-corrected chi connectivity index (χ0v) is 14.3. The summed E-state index contributed by atoms with van der Waals surface area (Å²) < 4.78 is 1.78. The Morgan fingerprint density at radius 2 is 1.83 bits per heavy atom. The minimum atomic E-state index is -0.158. The monoisotopic (exact) mass is 339 g/mol. The summed E-state index contributed by atoms with van der Waals surface area (Å²) >= 11 is 5.89. The Morgan fingerprint density at radius 1 is 1.08 bits per heavy atom. The van der Waals surface area contributed by atoms with Crippen LogP contribution < -0.4 is 5.32 Å². The zero-order chi connectivity index (χ0) is 17.1. The molecule has 0 unspecified atom stereocenters.